The number of para-hydroxylation sites is 1. The van der Waals surface area contributed by atoms with Crippen molar-refractivity contribution in [3.63, 3.8) is 0 Å². The van der Waals surface area contributed by atoms with Crippen molar-refractivity contribution in [2.75, 3.05) is 6.61 Å². The van der Waals surface area contributed by atoms with Crippen LogP contribution in [0.3, 0.4) is 0 Å². The van der Waals surface area contributed by atoms with E-state index >= 15 is 0 Å². The molecule has 0 aliphatic rings. The van der Waals surface area contributed by atoms with Gasteiger partial charge in [0, 0.05) is 10.9 Å². The highest BCUT2D eigenvalue weighted by atomic mass is 32.2. The molecule has 6 N–H and O–H groups in total. The Bertz CT molecular complexity index is 685. The minimum absolute atomic E-state index is 0.0421. The Hall–Kier alpha value is -1.85. The molecule has 0 saturated heterocycles. The van der Waals surface area contributed by atoms with E-state index < -0.39 is 11.4 Å². The first-order valence-electron chi connectivity index (χ1n) is 7.46. The van der Waals surface area contributed by atoms with Gasteiger partial charge in [-0.15, -0.1) is 0 Å². The van der Waals surface area contributed by atoms with Gasteiger partial charge in [0.15, 0.2) is 0 Å². The van der Waals surface area contributed by atoms with Gasteiger partial charge in [0.2, 0.25) is 0 Å². The van der Waals surface area contributed by atoms with E-state index in [4.69, 9.17) is 16.1 Å². The summed E-state index contributed by atoms with van der Waals surface area (Å²) in [7, 11) is 0. The summed E-state index contributed by atoms with van der Waals surface area (Å²) in [6.07, 6.45) is 1.01. The fourth-order valence-electron chi connectivity index (χ4n) is 2.08. The maximum absolute atomic E-state index is 10.2. The third-order valence-corrected chi connectivity index (χ3v) is 4.39. The van der Waals surface area contributed by atoms with Crippen molar-refractivity contribution in [2.45, 2.75) is 28.7 Å². The smallest absolute Gasteiger partial charge is 0.129 e. The summed E-state index contributed by atoms with van der Waals surface area (Å²) in [4.78, 5) is 9.95. The molecule has 1 atom stereocenters. The lowest BCUT2D eigenvalue weighted by Crippen LogP contribution is -2.28. The molecule has 25 heavy (non-hydrogen) atoms. The molecule has 8 nitrogen and oxygen atoms in total. The van der Waals surface area contributed by atoms with Crippen LogP contribution in [0.5, 0.6) is 11.5 Å². The Morgan fingerprint density at radius 3 is 2.52 bits per heavy atom. The van der Waals surface area contributed by atoms with Gasteiger partial charge in [0.1, 0.15) is 16.9 Å². The minimum atomic E-state index is -0.556. The minimum Gasteiger partial charge on any atom is -0.508 e. The molecule has 0 bridgehead atoms. The van der Waals surface area contributed by atoms with Gasteiger partial charge in [0.25, 0.3) is 0 Å². The molecule has 0 aromatic heterocycles. The lowest BCUT2D eigenvalue weighted by molar-refractivity contribution is -0.606. The molecular weight excluding hydrogens is 348 g/mol. The van der Waals surface area contributed by atoms with Crippen molar-refractivity contribution in [3.05, 3.63) is 48.0 Å². The monoisotopic (exact) mass is 368 g/mol. The van der Waals surface area contributed by atoms with Gasteiger partial charge in [-0.3, -0.25) is 10.4 Å². The third kappa shape index (κ3) is 6.52. The number of nitrogens with two attached hydrogens (primary N) is 1. The molecule has 2 aromatic carbocycles. The van der Waals surface area contributed by atoms with Gasteiger partial charge >= 0.3 is 0 Å². The zero-order valence-corrected chi connectivity index (χ0v) is 14.1. The SMILES string of the molecule is NC(CCc1ccc(Sc2ccccc2O)cc1O)COON(O)O. The van der Waals surface area contributed by atoms with Crippen LogP contribution in [0.2, 0.25) is 0 Å². The first-order chi connectivity index (χ1) is 12.0. The molecule has 2 rings (SSSR count). The average Bonchev–Trinajstić information content (AvgIpc) is 2.56. The van der Waals surface area contributed by atoms with Gasteiger partial charge in [-0.05, 0) is 42.7 Å². The summed E-state index contributed by atoms with van der Waals surface area (Å²) in [5.74, 6) is 0.329. The van der Waals surface area contributed by atoms with Gasteiger partial charge in [-0.25, -0.2) is 4.89 Å². The summed E-state index contributed by atoms with van der Waals surface area (Å²) >= 11 is 1.35. The molecule has 0 radical (unpaired) electrons. The van der Waals surface area contributed by atoms with Crippen molar-refractivity contribution < 1.29 is 30.5 Å². The fourth-order valence-corrected chi connectivity index (χ4v) is 2.96. The van der Waals surface area contributed by atoms with Crippen molar-refractivity contribution in [1.29, 1.82) is 0 Å². The Morgan fingerprint density at radius 2 is 1.84 bits per heavy atom. The molecule has 136 valence electrons. The molecular formula is C16H20N2O6S. The highest BCUT2D eigenvalue weighted by molar-refractivity contribution is 7.99. The zero-order valence-electron chi connectivity index (χ0n) is 13.3. The number of rotatable bonds is 9. The number of hydrogen-bond donors (Lipinski definition) is 5. The maximum Gasteiger partial charge on any atom is 0.129 e. The van der Waals surface area contributed by atoms with Crippen LogP contribution in [0.15, 0.2) is 52.3 Å². The second kappa shape index (κ2) is 9.59. The third-order valence-electron chi connectivity index (χ3n) is 3.34. The van der Waals surface area contributed by atoms with Crippen LogP contribution >= 0.6 is 11.8 Å². The Kier molecular flexibility index (Phi) is 7.47. The van der Waals surface area contributed by atoms with E-state index in [1.165, 1.54) is 11.8 Å². The molecule has 2 aromatic rings. The highest BCUT2D eigenvalue weighted by Gasteiger charge is 2.10. The molecule has 0 heterocycles. The first kappa shape index (κ1) is 19.5. The number of phenolic OH excluding ortho intramolecular Hbond substituents is 2. The predicted molar refractivity (Wildman–Crippen MR) is 89.1 cm³/mol. The Morgan fingerprint density at radius 1 is 1.08 bits per heavy atom. The van der Waals surface area contributed by atoms with Crippen molar-refractivity contribution >= 4 is 11.8 Å². The molecule has 0 fully saturated rings. The summed E-state index contributed by atoms with van der Waals surface area (Å²) in [5, 5.41) is 36.0. The average molecular weight is 368 g/mol. The number of benzene rings is 2. The van der Waals surface area contributed by atoms with Crippen LogP contribution in [0.4, 0.5) is 0 Å². The van der Waals surface area contributed by atoms with Crippen LogP contribution in [0.1, 0.15) is 12.0 Å². The van der Waals surface area contributed by atoms with Gasteiger partial charge < -0.3 is 15.9 Å². The van der Waals surface area contributed by atoms with E-state index in [2.05, 4.69) is 9.88 Å². The summed E-state index contributed by atoms with van der Waals surface area (Å²) < 4.78 is 0. The molecule has 9 heteroatoms. The maximum atomic E-state index is 10.2. The van der Waals surface area contributed by atoms with Crippen LogP contribution in [-0.2, 0) is 16.3 Å². The second-order valence-electron chi connectivity index (χ2n) is 5.27. The lowest BCUT2D eigenvalue weighted by Gasteiger charge is -2.13. The normalized spacial score (nSPS) is 12.5. The summed E-state index contributed by atoms with van der Waals surface area (Å²) in [6.45, 7) is -0.0421. The Balaban J connectivity index is 1.88. The first-order valence-corrected chi connectivity index (χ1v) is 8.28. The topological polar surface area (TPSA) is 129 Å². The van der Waals surface area contributed by atoms with E-state index in [-0.39, 0.29) is 18.1 Å². The molecule has 0 saturated carbocycles. The molecule has 0 spiro atoms. The number of nitrogens with zero attached hydrogens (tertiary/aromatic N) is 1. The van der Waals surface area contributed by atoms with E-state index in [0.717, 1.165) is 10.5 Å². The van der Waals surface area contributed by atoms with Crippen LogP contribution < -0.4 is 5.73 Å². The highest BCUT2D eigenvalue weighted by Crippen LogP contribution is 2.36. The van der Waals surface area contributed by atoms with Crippen LogP contribution in [0.25, 0.3) is 0 Å². The largest absolute Gasteiger partial charge is 0.508 e. The van der Waals surface area contributed by atoms with E-state index in [1.807, 2.05) is 12.1 Å². The van der Waals surface area contributed by atoms with Crippen LogP contribution in [-0.4, -0.2) is 38.7 Å². The van der Waals surface area contributed by atoms with Gasteiger partial charge in [-0.1, -0.05) is 34.9 Å². The fraction of sp³-hybridized carbons (Fsp3) is 0.250. The van der Waals surface area contributed by atoms with E-state index in [0.29, 0.717) is 17.7 Å². The van der Waals surface area contributed by atoms with Gasteiger partial charge in [0.05, 0.1) is 11.5 Å². The van der Waals surface area contributed by atoms with Crippen molar-refractivity contribution in [3.8, 4) is 11.5 Å². The number of hydrogen-bond acceptors (Lipinski definition) is 9. The van der Waals surface area contributed by atoms with Crippen LogP contribution in [0, 0.1) is 0 Å². The zero-order chi connectivity index (χ0) is 18.2. The standard InChI is InChI=1S/C16H20N2O6S/c17-12(10-23-24-18(21)22)7-5-11-6-8-13(9-15(11)20)25-16-4-2-1-3-14(16)19/h1-4,6,8-9,12,19-22H,5,7,10,17H2. The number of aryl methyl sites for hydroxylation is 1. The molecule has 0 aliphatic carbocycles. The van der Waals surface area contributed by atoms with E-state index in [9.17, 15) is 10.2 Å². The van der Waals surface area contributed by atoms with Crippen molar-refractivity contribution in [2.24, 2.45) is 5.73 Å². The molecule has 1 unspecified atom stereocenters. The van der Waals surface area contributed by atoms with E-state index in [1.54, 1.807) is 30.3 Å². The number of phenols is 2. The molecule has 0 amide bonds. The molecule has 0 aliphatic heterocycles. The lowest BCUT2D eigenvalue weighted by atomic mass is 10.1. The van der Waals surface area contributed by atoms with Gasteiger partial charge in [-0.2, -0.15) is 0 Å². The number of aromatic hydroxyl groups is 2. The quantitative estimate of drug-likeness (QED) is 0.335. The van der Waals surface area contributed by atoms with Crippen molar-refractivity contribution in [1.82, 2.24) is 5.39 Å². The summed E-state index contributed by atoms with van der Waals surface area (Å²) in [6, 6.07) is 11.9. The predicted octanol–water partition coefficient (Wildman–Crippen LogP) is 2.45. The Labute approximate surface area is 148 Å². The second-order valence-corrected chi connectivity index (χ2v) is 6.39. The summed E-state index contributed by atoms with van der Waals surface area (Å²) in [5.41, 5.74) is 6.53.